The molecule has 3 N–H and O–H groups in total. The zero-order valence-corrected chi connectivity index (χ0v) is 11.3. The van der Waals surface area contributed by atoms with Crippen LogP contribution in [-0.2, 0) is 4.79 Å². The van der Waals surface area contributed by atoms with Crippen molar-refractivity contribution in [2.45, 2.75) is 63.3 Å². The average Bonchev–Trinajstić information content (AvgIpc) is 3.04. The molecule has 0 heterocycles. The summed E-state index contributed by atoms with van der Waals surface area (Å²) in [6, 6.07) is 0. The summed E-state index contributed by atoms with van der Waals surface area (Å²) in [4.78, 5) is 12.2. The van der Waals surface area contributed by atoms with Crippen LogP contribution in [0.25, 0.3) is 0 Å². The van der Waals surface area contributed by atoms with E-state index in [9.17, 15) is 4.79 Å². The number of carbonyl (C=O) groups is 1. The molecule has 3 aliphatic carbocycles. The lowest BCUT2D eigenvalue weighted by Crippen LogP contribution is -2.52. The quantitative estimate of drug-likeness (QED) is 0.803. The van der Waals surface area contributed by atoms with E-state index in [1.54, 1.807) is 0 Å². The Kier molecular flexibility index (Phi) is 3.35. The van der Waals surface area contributed by atoms with Crippen LogP contribution < -0.4 is 11.1 Å². The van der Waals surface area contributed by atoms with Crippen molar-refractivity contribution >= 4 is 5.91 Å². The Labute approximate surface area is 110 Å². The Balaban J connectivity index is 1.52. The molecule has 1 amide bonds. The van der Waals surface area contributed by atoms with Crippen LogP contribution >= 0.6 is 0 Å². The summed E-state index contributed by atoms with van der Waals surface area (Å²) in [5.41, 5.74) is 5.81. The summed E-state index contributed by atoms with van der Waals surface area (Å²) in [6.45, 7) is 0.607. The second-order valence-electron chi connectivity index (χ2n) is 6.88. The molecular weight excluding hydrogens is 224 g/mol. The van der Waals surface area contributed by atoms with Crippen LogP contribution in [0.15, 0.2) is 0 Å². The highest BCUT2D eigenvalue weighted by molar-refractivity contribution is 5.77. The van der Waals surface area contributed by atoms with Crippen LogP contribution in [-0.4, -0.2) is 18.0 Å². The molecule has 0 aromatic carbocycles. The molecule has 2 bridgehead atoms. The van der Waals surface area contributed by atoms with Gasteiger partial charge in [-0.25, -0.2) is 0 Å². The zero-order chi connectivity index (χ0) is 12.6. The highest BCUT2D eigenvalue weighted by atomic mass is 16.1. The predicted octanol–water partition coefficient (Wildman–Crippen LogP) is 2.20. The second kappa shape index (κ2) is 4.84. The first-order valence-electron chi connectivity index (χ1n) is 7.72. The number of nitrogens with one attached hydrogen (secondary N) is 1. The van der Waals surface area contributed by atoms with Gasteiger partial charge in [0.05, 0.1) is 5.54 Å². The van der Waals surface area contributed by atoms with E-state index in [-0.39, 0.29) is 11.4 Å². The van der Waals surface area contributed by atoms with Crippen LogP contribution in [0.4, 0.5) is 0 Å². The van der Waals surface area contributed by atoms with E-state index in [0.29, 0.717) is 12.5 Å². The van der Waals surface area contributed by atoms with E-state index < -0.39 is 0 Å². The van der Waals surface area contributed by atoms with E-state index in [4.69, 9.17) is 5.73 Å². The first-order valence-corrected chi connectivity index (χ1v) is 7.72. The molecule has 0 aromatic heterocycles. The molecule has 18 heavy (non-hydrogen) atoms. The van der Waals surface area contributed by atoms with Gasteiger partial charge in [-0.05, 0) is 49.9 Å². The fraction of sp³-hybridized carbons (Fsp3) is 0.933. The monoisotopic (exact) mass is 250 g/mol. The van der Waals surface area contributed by atoms with Crippen molar-refractivity contribution in [2.75, 3.05) is 6.54 Å². The predicted molar refractivity (Wildman–Crippen MR) is 72.0 cm³/mol. The Morgan fingerprint density at radius 3 is 2.56 bits per heavy atom. The van der Waals surface area contributed by atoms with Gasteiger partial charge in [0.25, 0.3) is 0 Å². The third-order valence-electron chi connectivity index (χ3n) is 5.69. The van der Waals surface area contributed by atoms with Crippen molar-refractivity contribution in [1.82, 2.24) is 5.32 Å². The van der Waals surface area contributed by atoms with Crippen molar-refractivity contribution in [3.63, 3.8) is 0 Å². The SMILES string of the molecule is NCC1(NC(=O)CC2CC3CCC2C3)CCCC1. The molecule has 0 aliphatic heterocycles. The van der Waals surface area contributed by atoms with Gasteiger partial charge in [0.1, 0.15) is 0 Å². The fourth-order valence-electron chi connectivity index (χ4n) is 4.64. The third-order valence-corrected chi connectivity index (χ3v) is 5.69. The molecule has 3 saturated carbocycles. The van der Waals surface area contributed by atoms with Gasteiger partial charge in [0, 0.05) is 13.0 Å². The molecule has 3 unspecified atom stereocenters. The van der Waals surface area contributed by atoms with Crippen molar-refractivity contribution in [1.29, 1.82) is 0 Å². The number of amides is 1. The van der Waals surface area contributed by atoms with Crippen LogP contribution in [0.5, 0.6) is 0 Å². The molecule has 0 aromatic rings. The highest BCUT2D eigenvalue weighted by Gasteiger charge is 2.41. The second-order valence-corrected chi connectivity index (χ2v) is 6.88. The normalized spacial score (nSPS) is 37.1. The summed E-state index contributed by atoms with van der Waals surface area (Å²) < 4.78 is 0. The highest BCUT2D eigenvalue weighted by Crippen LogP contribution is 2.49. The fourth-order valence-corrected chi connectivity index (χ4v) is 4.64. The number of hydrogen-bond donors (Lipinski definition) is 2. The molecule has 0 spiro atoms. The van der Waals surface area contributed by atoms with Crippen molar-refractivity contribution in [2.24, 2.45) is 23.5 Å². The Hall–Kier alpha value is -0.570. The van der Waals surface area contributed by atoms with Crippen molar-refractivity contribution in [3.8, 4) is 0 Å². The van der Waals surface area contributed by atoms with E-state index in [1.165, 1.54) is 38.5 Å². The summed E-state index contributed by atoms with van der Waals surface area (Å²) in [7, 11) is 0. The maximum absolute atomic E-state index is 12.2. The number of fused-ring (bicyclic) bond motifs is 2. The van der Waals surface area contributed by atoms with Gasteiger partial charge in [-0.3, -0.25) is 4.79 Å². The number of hydrogen-bond acceptors (Lipinski definition) is 2. The molecule has 3 aliphatic rings. The van der Waals surface area contributed by atoms with Crippen LogP contribution in [0.1, 0.15) is 57.8 Å². The van der Waals surface area contributed by atoms with Gasteiger partial charge in [-0.1, -0.05) is 19.3 Å². The van der Waals surface area contributed by atoms with Gasteiger partial charge < -0.3 is 11.1 Å². The maximum Gasteiger partial charge on any atom is 0.220 e. The van der Waals surface area contributed by atoms with Crippen molar-refractivity contribution in [3.05, 3.63) is 0 Å². The van der Waals surface area contributed by atoms with E-state index >= 15 is 0 Å². The standard InChI is InChI=1S/C15H26N2O/c16-10-15(5-1-2-6-15)17-14(18)9-13-8-11-3-4-12(13)7-11/h11-13H,1-10,16H2,(H,17,18). The summed E-state index contributed by atoms with van der Waals surface area (Å²) in [5, 5.41) is 3.26. The third kappa shape index (κ3) is 2.29. The zero-order valence-electron chi connectivity index (χ0n) is 11.3. The van der Waals surface area contributed by atoms with Crippen LogP contribution in [0.3, 0.4) is 0 Å². The lowest BCUT2D eigenvalue weighted by molar-refractivity contribution is -0.124. The first-order chi connectivity index (χ1) is 8.71. The minimum absolute atomic E-state index is 0.0608. The van der Waals surface area contributed by atoms with Crippen molar-refractivity contribution < 1.29 is 4.79 Å². The molecule has 3 heteroatoms. The van der Waals surface area contributed by atoms with Crippen LogP contribution in [0, 0.1) is 17.8 Å². The van der Waals surface area contributed by atoms with E-state index in [1.807, 2.05) is 0 Å². The van der Waals surface area contributed by atoms with E-state index in [2.05, 4.69) is 5.32 Å². The van der Waals surface area contributed by atoms with Gasteiger partial charge in [-0.2, -0.15) is 0 Å². The summed E-state index contributed by atoms with van der Waals surface area (Å²) in [6.07, 6.45) is 10.8. The Bertz CT molecular complexity index is 322. The Morgan fingerprint density at radius 1 is 1.22 bits per heavy atom. The topological polar surface area (TPSA) is 55.1 Å². The minimum Gasteiger partial charge on any atom is -0.349 e. The van der Waals surface area contributed by atoms with Gasteiger partial charge in [0.15, 0.2) is 0 Å². The van der Waals surface area contributed by atoms with Gasteiger partial charge in [0.2, 0.25) is 5.91 Å². The minimum atomic E-state index is -0.0608. The molecule has 3 rings (SSSR count). The molecule has 3 atom stereocenters. The maximum atomic E-state index is 12.2. The molecule has 0 saturated heterocycles. The molecule has 0 radical (unpaired) electrons. The van der Waals surface area contributed by atoms with E-state index in [0.717, 1.165) is 31.1 Å². The lowest BCUT2D eigenvalue weighted by atomic mass is 9.86. The van der Waals surface area contributed by atoms with Gasteiger partial charge in [-0.15, -0.1) is 0 Å². The lowest BCUT2D eigenvalue weighted by Gasteiger charge is -2.30. The Morgan fingerprint density at radius 2 is 2.00 bits per heavy atom. The number of rotatable bonds is 4. The molecule has 102 valence electrons. The molecule has 3 nitrogen and oxygen atoms in total. The first kappa shape index (κ1) is 12.5. The molecule has 3 fully saturated rings. The number of carbonyl (C=O) groups excluding carboxylic acids is 1. The number of nitrogens with two attached hydrogens (primary N) is 1. The summed E-state index contributed by atoms with van der Waals surface area (Å²) in [5.74, 6) is 2.71. The smallest absolute Gasteiger partial charge is 0.220 e. The summed E-state index contributed by atoms with van der Waals surface area (Å²) >= 11 is 0. The molecular formula is C15H26N2O. The van der Waals surface area contributed by atoms with Gasteiger partial charge >= 0.3 is 0 Å². The average molecular weight is 250 g/mol. The van der Waals surface area contributed by atoms with Crippen LogP contribution in [0.2, 0.25) is 0 Å². The largest absolute Gasteiger partial charge is 0.349 e.